The van der Waals surface area contributed by atoms with Crippen molar-refractivity contribution >= 4 is 10.1 Å². The van der Waals surface area contributed by atoms with Crippen LogP contribution in [0.2, 0.25) is 0 Å². The van der Waals surface area contributed by atoms with E-state index in [-0.39, 0.29) is 19.0 Å². The molecule has 0 radical (unpaired) electrons. The second-order valence-electron chi connectivity index (χ2n) is 6.40. The Morgan fingerprint density at radius 3 is 1.48 bits per heavy atom. The van der Waals surface area contributed by atoms with E-state index in [1.165, 1.54) is 70.6 Å². The standard InChI is InChI=1S/C18H38O4S/c1-2-3-4-5-6-7-8-9-10-11-12-13-14-15-17-22-23(20,21)18-16-19/h19H,2-18H2,1H3. The maximum atomic E-state index is 11.2. The highest BCUT2D eigenvalue weighted by Crippen LogP contribution is 2.13. The molecular weight excluding hydrogens is 312 g/mol. The molecule has 4 nitrogen and oxygen atoms in total. The Balaban J connectivity index is 3.14. The van der Waals surface area contributed by atoms with Crippen LogP contribution in [0.4, 0.5) is 0 Å². The summed E-state index contributed by atoms with van der Waals surface area (Å²) >= 11 is 0. The number of aliphatic hydroxyl groups excluding tert-OH is 1. The van der Waals surface area contributed by atoms with Gasteiger partial charge in [-0.2, -0.15) is 8.42 Å². The highest BCUT2D eigenvalue weighted by molar-refractivity contribution is 7.86. The minimum absolute atomic E-state index is 0.250. The second kappa shape index (κ2) is 16.7. The van der Waals surface area contributed by atoms with Crippen molar-refractivity contribution in [2.45, 2.75) is 96.8 Å². The molecule has 23 heavy (non-hydrogen) atoms. The third-order valence-corrected chi connectivity index (χ3v) is 5.31. The van der Waals surface area contributed by atoms with E-state index in [9.17, 15) is 8.42 Å². The average Bonchev–Trinajstić information content (AvgIpc) is 2.51. The molecule has 0 aliphatic carbocycles. The SMILES string of the molecule is CCCCCCCCCCCCCCCCOS(=O)(=O)CCO. The summed E-state index contributed by atoms with van der Waals surface area (Å²) in [6, 6.07) is 0. The van der Waals surface area contributed by atoms with E-state index in [1.54, 1.807) is 0 Å². The van der Waals surface area contributed by atoms with Crippen molar-refractivity contribution in [3.05, 3.63) is 0 Å². The zero-order chi connectivity index (χ0) is 17.2. The third-order valence-electron chi connectivity index (χ3n) is 4.10. The van der Waals surface area contributed by atoms with Crippen molar-refractivity contribution in [3.8, 4) is 0 Å². The molecule has 0 aromatic heterocycles. The number of rotatable bonds is 18. The first-order chi connectivity index (χ1) is 11.1. The van der Waals surface area contributed by atoms with Crippen LogP contribution < -0.4 is 0 Å². The lowest BCUT2D eigenvalue weighted by molar-refractivity contribution is 0.285. The summed E-state index contributed by atoms with van der Waals surface area (Å²) in [6.07, 6.45) is 17.9. The summed E-state index contributed by atoms with van der Waals surface area (Å²) in [5, 5.41) is 8.57. The normalized spacial score (nSPS) is 11.9. The maximum Gasteiger partial charge on any atom is 0.269 e. The Morgan fingerprint density at radius 1 is 0.696 bits per heavy atom. The molecule has 0 aromatic rings. The van der Waals surface area contributed by atoms with E-state index in [2.05, 4.69) is 6.92 Å². The Bertz CT molecular complexity index is 328. The molecule has 0 saturated heterocycles. The molecule has 140 valence electrons. The van der Waals surface area contributed by atoms with E-state index in [0.717, 1.165) is 19.3 Å². The van der Waals surface area contributed by atoms with E-state index in [0.29, 0.717) is 0 Å². The summed E-state index contributed by atoms with van der Waals surface area (Å²) in [7, 11) is -3.50. The minimum atomic E-state index is -3.50. The number of aliphatic hydroxyl groups is 1. The van der Waals surface area contributed by atoms with Gasteiger partial charge in [-0.15, -0.1) is 0 Å². The smallest absolute Gasteiger partial charge is 0.269 e. The van der Waals surface area contributed by atoms with E-state index < -0.39 is 10.1 Å². The Morgan fingerprint density at radius 2 is 1.09 bits per heavy atom. The van der Waals surface area contributed by atoms with Gasteiger partial charge in [0.25, 0.3) is 10.1 Å². The second-order valence-corrected chi connectivity index (χ2v) is 8.16. The first-order valence-corrected chi connectivity index (χ1v) is 11.2. The topological polar surface area (TPSA) is 63.6 Å². The molecule has 0 aromatic carbocycles. The van der Waals surface area contributed by atoms with Gasteiger partial charge in [0.05, 0.1) is 19.0 Å². The van der Waals surface area contributed by atoms with Crippen LogP contribution in [0.1, 0.15) is 96.8 Å². The quantitative estimate of drug-likeness (QED) is 0.285. The molecule has 0 heterocycles. The van der Waals surface area contributed by atoms with Crippen LogP contribution in [0.5, 0.6) is 0 Å². The van der Waals surface area contributed by atoms with E-state index in [1.807, 2.05) is 0 Å². The Labute approximate surface area is 144 Å². The Kier molecular flexibility index (Phi) is 16.6. The highest BCUT2D eigenvalue weighted by atomic mass is 32.2. The van der Waals surface area contributed by atoms with Crippen molar-refractivity contribution in [1.82, 2.24) is 0 Å². The van der Waals surface area contributed by atoms with Gasteiger partial charge in [0.1, 0.15) is 0 Å². The lowest BCUT2D eigenvalue weighted by Gasteiger charge is -2.04. The van der Waals surface area contributed by atoms with Crippen LogP contribution in [0.3, 0.4) is 0 Å². The molecule has 0 unspecified atom stereocenters. The van der Waals surface area contributed by atoms with Crippen LogP contribution in [-0.2, 0) is 14.3 Å². The molecule has 0 fully saturated rings. The molecule has 0 spiro atoms. The third kappa shape index (κ3) is 18.1. The molecule has 0 bridgehead atoms. The lowest BCUT2D eigenvalue weighted by Crippen LogP contribution is -2.14. The number of hydrogen-bond donors (Lipinski definition) is 1. The monoisotopic (exact) mass is 350 g/mol. The minimum Gasteiger partial charge on any atom is -0.395 e. The predicted molar refractivity (Wildman–Crippen MR) is 97.1 cm³/mol. The summed E-state index contributed by atoms with van der Waals surface area (Å²) < 4.78 is 27.2. The molecule has 0 aliphatic rings. The molecule has 0 atom stereocenters. The summed E-state index contributed by atoms with van der Waals surface area (Å²) in [6.45, 7) is 2.13. The van der Waals surface area contributed by atoms with Gasteiger partial charge < -0.3 is 5.11 Å². The van der Waals surface area contributed by atoms with Crippen LogP contribution in [0, 0.1) is 0 Å². The fourth-order valence-electron chi connectivity index (χ4n) is 2.65. The predicted octanol–water partition coefficient (Wildman–Crippen LogP) is 4.81. The van der Waals surface area contributed by atoms with Crippen molar-refractivity contribution in [2.24, 2.45) is 0 Å². The van der Waals surface area contributed by atoms with Gasteiger partial charge in [0.2, 0.25) is 0 Å². The number of hydrogen-bond acceptors (Lipinski definition) is 4. The molecule has 0 rings (SSSR count). The number of unbranched alkanes of at least 4 members (excludes halogenated alkanes) is 13. The van der Waals surface area contributed by atoms with Crippen molar-refractivity contribution in [2.75, 3.05) is 19.0 Å². The summed E-state index contributed by atoms with van der Waals surface area (Å²) in [5.74, 6) is -0.300. The van der Waals surface area contributed by atoms with Crippen molar-refractivity contribution in [3.63, 3.8) is 0 Å². The maximum absolute atomic E-state index is 11.2. The molecule has 0 saturated carbocycles. The van der Waals surface area contributed by atoms with Gasteiger partial charge in [-0.3, -0.25) is 4.18 Å². The van der Waals surface area contributed by atoms with Gasteiger partial charge >= 0.3 is 0 Å². The lowest BCUT2D eigenvalue weighted by atomic mass is 10.0. The van der Waals surface area contributed by atoms with E-state index >= 15 is 0 Å². The van der Waals surface area contributed by atoms with Gasteiger partial charge in [0, 0.05) is 0 Å². The fraction of sp³-hybridized carbons (Fsp3) is 1.00. The first-order valence-electron chi connectivity index (χ1n) is 9.60. The van der Waals surface area contributed by atoms with Gasteiger partial charge in [-0.05, 0) is 6.42 Å². The van der Waals surface area contributed by atoms with E-state index in [4.69, 9.17) is 9.29 Å². The first kappa shape index (κ1) is 22.9. The van der Waals surface area contributed by atoms with Crippen LogP contribution >= 0.6 is 0 Å². The highest BCUT2D eigenvalue weighted by Gasteiger charge is 2.08. The molecular formula is C18H38O4S. The fourth-order valence-corrected chi connectivity index (χ4v) is 3.37. The van der Waals surface area contributed by atoms with Crippen LogP contribution in [0.15, 0.2) is 0 Å². The summed E-state index contributed by atoms with van der Waals surface area (Å²) in [4.78, 5) is 0. The molecule has 0 aliphatic heterocycles. The average molecular weight is 351 g/mol. The Hall–Kier alpha value is -0.130. The van der Waals surface area contributed by atoms with Gasteiger partial charge in [-0.1, -0.05) is 90.4 Å². The van der Waals surface area contributed by atoms with Crippen molar-refractivity contribution < 1.29 is 17.7 Å². The van der Waals surface area contributed by atoms with Crippen LogP contribution in [0.25, 0.3) is 0 Å². The summed E-state index contributed by atoms with van der Waals surface area (Å²) in [5.41, 5.74) is 0. The largest absolute Gasteiger partial charge is 0.395 e. The zero-order valence-corrected chi connectivity index (χ0v) is 15.9. The zero-order valence-electron chi connectivity index (χ0n) is 15.1. The van der Waals surface area contributed by atoms with Gasteiger partial charge in [0.15, 0.2) is 0 Å². The molecule has 1 N–H and O–H groups in total. The molecule has 5 heteroatoms. The van der Waals surface area contributed by atoms with Crippen molar-refractivity contribution in [1.29, 1.82) is 0 Å². The van der Waals surface area contributed by atoms with Crippen LogP contribution in [-0.4, -0.2) is 32.5 Å². The van der Waals surface area contributed by atoms with Gasteiger partial charge in [-0.25, -0.2) is 0 Å². The molecule has 0 amide bonds.